The van der Waals surface area contributed by atoms with Crippen LogP contribution >= 0.6 is 11.3 Å². The molecule has 3 amide bonds. The van der Waals surface area contributed by atoms with Crippen LogP contribution in [-0.4, -0.2) is 57.4 Å². The predicted molar refractivity (Wildman–Crippen MR) is 115 cm³/mol. The Balaban J connectivity index is 1.55. The van der Waals surface area contributed by atoms with Gasteiger partial charge in [-0.05, 0) is 50.2 Å². The normalized spacial score (nSPS) is 15.7. The zero-order chi connectivity index (χ0) is 21.5. The molecule has 30 heavy (non-hydrogen) atoms. The second kappa shape index (κ2) is 10.2. The molecular formula is C21H25N3O5S. The average molecular weight is 432 g/mol. The fourth-order valence-electron chi connectivity index (χ4n) is 3.06. The van der Waals surface area contributed by atoms with Gasteiger partial charge in [-0.2, -0.15) is 0 Å². The van der Waals surface area contributed by atoms with Gasteiger partial charge in [-0.25, -0.2) is 4.79 Å². The Bertz CT molecular complexity index is 883. The Morgan fingerprint density at radius 3 is 2.73 bits per heavy atom. The molecule has 160 valence electrons. The molecule has 8 nitrogen and oxygen atoms in total. The topological polar surface area (TPSA) is 88.2 Å². The lowest BCUT2D eigenvalue weighted by Crippen LogP contribution is -2.34. The average Bonchev–Trinajstić information content (AvgIpc) is 3.35. The summed E-state index contributed by atoms with van der Waals surface area (Å²) in [6.45, 7) is 5.92. The predicted octanol–water partition coefficient (Wildman–Crippen LogP) is 2.81. The van der Waals surface area contributed by atoms with Crippen LogP contribution in [0.4, 0.5) is 16.2 Å². The maximum Gasteiger partial charge on any atom is 0.414 e. The lowest BCUT2D eigenvalue weighted by Gasteiger charge is -2.19. The van der Waals surface area contributed by atoms with E-state index in [9.17, 15) is 14.4 Å². The van der Waals surface area contributed by atoms with Crippen molar-refractivity contribution in [2.45, 2.75) is 20.0 Å². The zero-order valence-corrected chi connectivity index (χ0v) is 17.8. The van der Waals surface area contributed by atoms with Crippen LogP contribution in [0.5, 0.6) is 0 Å². The summed E-state index contributed by atoms with van der Waals surface area (Å²) >= 11 is 1.42. The Hall–Kier alpha value is -2.91. The number of cyclic esters (lactones) is 1. The summed E-state index contributed by atoms with van der Waals surface area (Å²) in [6, 6.07) is 10.8. The van der Waals surface area contributed by atoms with E-state index < -0.39 is 12.2 Å². The Morgan fingerprint density at radius 1 is 1.33 bits per heavy atom. The maximum absolute atomic E-state index is 12.3. The molecule has 1 aliphatic heterocycles. The van der Waals surface area contributed by atoms with Crippen molar-refractivity contribution in [2.24, 2.45) is 0 Å². The van der Waals surface area contributed by atoms with Gasteiger partial charge in [0.1, 0.15) is 6.10 Å². The van der Waals surface area contributed by atoms with Gasteiger partial charge in [0.25, 0.3) is 5.91 Å². The molecule has 1 unspecified atom stereocenters. The number of carbonyl (C=O) groups excluding carboxylic acids is 3. The van der Waals surface area contributed by atoms with Crippen molar-refractivity contribution in [3.63, 3.8) is 0 Å². The van der Waals surface area contributed by atoms with Gasteiger partial charge >= 0.3 is 6.09 Å². The van der Waals surface area contributed by atoms with Crippen LogP contribution in [-0.2, 0) is 14.3 Å². The van der Waals surface area contributed by atoms with Crippen molar-refractivity contribution >= 4 is 41.1 Å². The molecule has 1 atom stereocenters. The van der Waals surface area contributed by atoms with E-state index in [4.69, 9.17) is 9.47 Å². The fraction of sp³-hybridized carbons (Fsp3) is 0.381. The highest BCUT2D eigenvalue weighted by atomic mass is 32.1. The second-order valence-corrected chi connectivity index (χ2v) is 8.04. The summed E-state index contributed by atoms with van der Waals surface area (Å²) in [5, 5.41) is 2.81. The number of nitrogens with zero attached hydrogens (tertiary/aromatic N) is 2. The van der Waals surface area contributed by atoms with Crippen LogP contribution in [0.2, 0.25) is 0 Å². The first kappa shape index (κ1) is 21.8. The first-order chi connectivity index (χ1) is 14.5. The van der Waals surface area contributed by atoms with E-state index in [2.05, 4.69) is 5.32 Å². The van der Waals surface area contributed by atoms with Crippen molar-refractivity contribution < 1.29 is 23.9 Å². The van der Waals surface area contributed by atoms with Crippen molar-refractivity contribution in [3.8, 4) is 0 Å². The van der Waals surface area contributed by atoms with Gasteiger partial charge in [0, 0.05) is 29.4 Å². The van der Waals surface area contributed by atoms with Gasteiger partial charge in [-0.15, -0.1) is 11.3 Å². The molecule has 0 spiro atoms. The number of aryl methyl sites for hydroxylation is 1. The van der Waals surface area contributed by atoms with Gasteiger partial charge in [-0.1, -0.05) is 0 Å². The number of rotatable bonds is 10. The van der Waals surface area contributed by atoms with E-state index in [1.807, 2.05) is 19.9 Å². The number of amides is 3. The van der Waals surface area contributed by atoms with E-state index >= 15 is 0 Å². The summed E-state index contributed by atoms with van der Waals surface area (Å²) in [4.78, 5) is 40.5. The fourth-order valence-corrected chi connectivity index (χ4v) is 3.85. The standard InChI is InChI=1S/C21H25N3O5S/c1-3-28-11-10-23(14-25)16-5-7-17(8-6-16)24-13-18(29-21(24)27)12-22-20(26)19-9-4-15(2)30-19/h4-9,14,18H,3,10-13H2,1-2H3,(H,22,26). The number of benzene rings is 1. The third-order valence-corrected chi connectivity index (χ3v) is 5.63. The SMILES string of the molecule is CCOCCN(C=O)c1ccc(N2CC(CNC(=O)c3ccc(C)s3)OC2=O)cc1. The van der Waals surface area contributed by atoms with Gasteiger partial charge in [-0.3, -0.25) is 14.5 Å². The Morgan fingerprint density at radius 2 is 2.10 bits per heavy atom. The Labute approximate surface area is 179 Å². The van der Waals surface area contributed by atoms with Crippen molar-refractivity contribution in [2.75, 3.05) is 42.6 Å². The number of hydrogen-bond acceptors (Lipinski definition) is 6. The van der Waals surface area contributed by atoms with Crippen LogP contribution in [0, 0.1) is 6.92 Å². The number of thiophene rings is 1. The van der Waals surface area contributed by atoms with E-state index in [1.165, 1.54) is 16.2 Å². The molecule has 0 aliphatic carbocycles. The van der Waals surface area contributed by atoms with Gasteiger partial charge < -0.3 is 19.7 Å². The monoisotopic (exact) mass is 431 g/mol. The zero-order valence-electron chi connectivity index (χ0n) is 17.0. The number of carbonyl (C=O) groups is 3. The molecule has 0 radical (unpaired) electrons. The summed E-state index contributed by atoms with van der Waals surface area (Å²) in [5.74, 6) is -0.173. The summed E-state index contributed by atoms with van der Waals surface area (Å²) < 4.78 is 10.7. The number of ether oxygens (including phenoxy) is 2. The second-order valence-electron chi connectivity index (χ2n) is 6.75. The van der Waals surface area contributed by atoms with Gasteiger partial charge in [0.05, 0.1) is 24.6 Å². The minimum Gasteiger partial charge on any atom is -0.442 e. The molecule has 0 bridgehead atoms. The molecule has 1 aliphatic rings. The molecule has 3 rings (SSSR count). The molecule has 1 aromatic carbocycles. The molecule has 0 saturated carbocycles. The highest BCUT2D eigenvalue weighted by Gasteiger charge is 2.32. The lowest BCUT2D eigenvalue weighted by atomic mass is 10.2. The van der Waals surface area contributed by atoms with Gasteiger partial charge in [0.2, 0.25) is 6.41 Å². The number of anilines is 2. The lowest BCUT2D eigenvalue weighted by molar-refractivity contribution is -0.107. The summed E-state index contributed by atoms with van der Waals surface area (Å²) in [6.07, 6.45) is -0.135. The van der Waals surface area contributed by atoms with Crippen molar-refractivity contribution in [3.05, 3.63) is 46.2 Å². The quantitative estimate of drug-likeness (QED) is 0.462. The smallest absolute Gasteiger partial charge is 0.414 e. The molecule has 1 N–H and O–H groups in total. The minimum atomic E-state index is -0.461. The third kappa shape index (κ3) is 5.37. The molecule has 2 heterocycles. The number of hydrogen-bond donors (Lipinski definition) is 1. The minimum absolute atomic E-state index is 0.173. The first-order valence-corrected chi connectivity index (χ1v) is 10.6. The maximum atomic E-state index is 12.3. The van der Waals surface area contributed by atoms with Crippen LogP contribution in [0.1, 0.15) is 21.5 Å². The molecule has 1 aromatic heterocycles. The molecule has 2 aromatic rings. The highest BCUT2D eigenvalue weighted by Crippen LogP contribution is 2.24. The first-order valence-electron chi connectivity index (χ1n) is 9.74. The molecule has 1 fully saturated rings. The van der Waals surface area contributed by atoms with E-state index in [0.29, 0.717) is 36.9 Å². The van der Waals surface area contributed by atoms with Crippen LogP contribution in [0.25, 0.3) is 0 Å². The van der Waals surface area contributed by atoms with Crippen LogP contribution in [0.3, 0.4) is 0 Å². The third-order valence-electron chi connectivity index (χ3n) is 4.63. The molecule has 9 heteroatoms. The molecular weight excluding hydrogens is 406 g/mol. The van der Waals surface area contributed by atoms with E-state index in [1.54, 1.807) is 35.2 Å². The molecule has 1 saturated heterocycles. The number of nitrogens with one attached hydrogen (secondary N) is 1. The van der Waals surface area contributed by atoms with Crippen LogP contribution in [0.15, 0.2) is 36.4 Å². The highest BCUT2D eigenvalue weighted by molar-refractivity contribution is 7.13. The summed E-state index contributed by atoms with van der Waals surface area (Å²) in [5.41, 5.74) is 1.39. The largest absolute Gasteiger partial charge is 0.442 e. The van der Waals surface area contributed by atoms with E-state index in [-0.39, 0.29) is 12.5 Å². The summed E-state index contributed by atoms with van der Waals surface area (Å²) in [7, 11) is 0. The van der Waals surface area contributed by atoms with Gasteiger partial charge in [0.15, 0.2) is 0 Å². The Kier molecular flexibility index (Phi) is 7.42. The van der Waals surface area contributed by atoms with Crippen molar-refractivity contribution in [1.82, 2.24) is 5.32 Å². The van der Waals surface area contributed by atoms with E-state index in [0.717, 1.165) is 17.0 Å². The van der Waals surface area contributed by atoms with Crippen molar-refractivity contribution in [1.29, 1.82) is 0 Å². The van der Waals surface area contributed by atoms with Crippen LogP contribution < -0.4 is 15.1 Å².